The van der Waals surface area contributed by atoms with Crippen molar-refractivity contribution < 1.29 is 4.79 Å². The lowest BCUT2D eigenvalue weighted by Gasteiger charge is -2.29. The van der Waals surface area contributed by atoms with Crippen molar-refractivity contribution >= 4 is 5.91 Å². The number of aryl methyl sites for hydroxylation is 1. The van der Waals surface area contributed by atoms with Crippen molar-refractivity contribution in [3.63, 3.8) is 0 Å². The molecule has 0 N–H and O–H groups in total. The molecule has 0 saturated heterocycles. The third kappa shape index (κ3) is 3.03. The molecule has 0 fully saturated rings. The summed E-state index contributed by atoms with van der Waals surface area (Å²) in [6.45, 7) is 7.38. The Kier molecular flexibility index (Phi) is 4.26. The maximum absolute atomic E-state index is 12.6. The van der Waals surface area contributed by atoms with E-state index in [9.17, 15) is 4.79 Å². The summed E-state index contributed by atoms with van der Waals surface area (Å²) in [7, 11) is 4.02. The Hall–Kier alpha value is -2.08. The number of hydrogen-bond donors (Lipinski definition) is 0. The Morgan fingerprint density at radius 1 is 1.39 bits per heavy atom. The Morgan fingerprint density at radius 2 is 2.17 bits per heavy atom. The third-order valence-corrected chi connectivity index (χ3v) is 4.69. The van der Waals surface area contributed by atoms with Gasteiger partial charge in [-0.15, -0.1) is 0 Å². The van der Waals surface area contributed by atoms with E-state index in [1.807, 2.05) is 41.0 Å². The number of aromatic nitrogens is 3. The molecule has 0 aliphatic carbocycles. The van der Waals surface area contributed by atoms with Crippen molar-refractivity contribution in [1.82, 2.24) is 23.9 Å². The first-order valence-electron chi connectivity index (χ1n) is 8.11. The van der Waals surface area contributed by atoms with Gasteiger partial charge < -0.3 is 14.0 Å². The fourth-order valence-corrected chi connectivity index (χ4v) is 2.91. The first-order chi connectivity index (χ1) is 11.0. The van der Waals surface area contributed by atoms with Gasteiger partial charge in [0.1, 0.15) is 11.5 Å². The van der Waals surface area contributed by atoms with E-state index in [2.05, 4.69) is 35.3 Å². The van der Waals surface area contributed by atoms with Crippen LogP contribution in [0.25, 0.3) is 0 Å². The predicted octanol–water partition coefficient (Wildman–Crippen LogP) is 1.72. The van der Waals surface area contributed by atoms with Gasteiger partial charge in [-0.2, -0.15) is 0 Å². The molecule has 2 aromatic heterocycles. The van der Waals surface area contributed by atoms with Crippen LogP contribution in [-0.2, 0) is 26.7 Å². The van der Waals surface area contributed by atoms with Gasteiger partial charge >= 0.3 is 0 Å². The first kappa shape index (κ1) is 15.8. The molecule has 3 heterocycles. The first-order valence-corrected chi connectivity index (χ1v) is 8.11. The number of rotatable bonds is 4. The number of carbonyl (C=O) groups excluding carboxylic acids is 1. The molecule has 0 radical (unpaired) electrons. The third-order valence-electron chi connectivity index (χ3n) is 4.69. The lowest BCUT2D eigenvalue weighted by atomic mass is 10.2. The average Bonchev–Trinajstić information content (AvgIpc) is 3.12. The van der Waals surface area contributed by atoms with E-state index in [1.165, 1.54) is 5.69 Å². The number of imidazole rings is 1. The van der Waals surface area contributed by atoms with Crippen molar-refractivity contribution in [2.45, 2.75) is 39.5 Å². The standard InChI is InChI=1S/C17H25N5O/c1-13(2)20(4)11-14-10-18-16-12-21(8-9-22(14)16)17(23)15-6-5-7-19(15)3/h5-7,10,13H,8-9,11-12H2,1-4H3. The number of fused-ring (bicyclic) bond motifs is 1. The van der Waals surface area contributed by atoms with Crippen LogP contribution in [0.15, 0.2) is 24.5 Å². The van der Waals surface area contributed by atoms with Gasteiger partial charge in [0.2, 0.25) is 0 Å². The lowest BCUT2D eigenvalue weighted by molar-refractivity contribution is 0.0695. The van der Waals surface area contributed by atoms with Crippen LogP contribution in [0, 0.1) is 0 Å². The summed E-state index contributed by atoms with van der Waals surface area (Å²) in [5.74, 6) is 1.05. The fourth-order valence-electron chi connectivity index (χ4n) is 2.91. The molecule has 0 spiro atoms. The molecule has 1 aliphatic heterocycles. The molecular weight excluding hydrogens is 290 g/mol. The largest absolute Gasteiger partial charge is 0.347 e. The number of nitrogens with zero attached hydrogens (tertiary/aromatic N) is 5. The molecule has 1 amide bonds. The monoisotopic (exact) mass is 315 g/mol. The van der Waals surface area contributed by atoms with Gasteiger partial charge in [-0.1, -0.05) is 0 Å². The van der Waals surface area contributed by atoms with Crippen LogP contribution >= 0.6 is 0 Å². The second-order valence-electron chi connectivity index (χ2n) is 6.56. The highest BCUT2D eigenvalue weighted by Crippen LogP contribution is 2.18. The number of hydrogen-bond acceptors (Lipinski definition) is 3. The van der Waals surface area contributed by atoms with Crippen LogP contribution < -0.4 is 0 Å². The molecule has 1 aliphatic rings. The van der Waals surface area contributed by atoms with Gasteiger partial charge in [0.15, 0.2) is 0 Å². The van der Waals surface area contributed by atoms with Crippen LogP contribution in [0.4, 0.5) is 0 Å². The molecular formula is C17H25N5O. The summed E-state index contributed by atoms with van der Waals surface area (Å²) in [5.41, 5.74) is 1.95. The highest BCUT2D eigenvalue weighted by Gasteiger charge is 2.25. The van der Waals surface area contributed by atoms with Crippen molar-refractivity contribution in [2.24, 2.45) is 7.05 Å². The van der Waals surface area contributed by atoms with E-state index in [-0.39, 0.29) is 5.91 Å². The van der Waals surface area contributed by atoms with Gasteiger partial charge in [0.05, 0.1) is 12.2 Å². The summed E-state index contributed by atoms with van der Waals surface area (Å²) < 4.78 is 4.13. The molecule has 124 valence electrons. The normalized spacial score (nSPS) is 14.6. The highest BCUT2D eigenvalue weighted by atomic mass is 16.2. The Balaban J connectivity index is 1.74. The van der Waals surface area contributed by atoms with Crippen LogP contribution in [0.2, 0.25) is 0 Å². The minimum atomic E-state index is 0.0765. The maximum Gasteiger partial charge on any atom is 0.270 e. The lowest BCUT2D eigenvalue weighted by Crippen LogP contribution is -2.39. The highest BCUT2D eigenvalue weighted by molar-refractivity contribution is 5.92. The van der Waals surface area contributed by atoms with Crippen LogP contribution in [-0.4, -0.2) is 49.5 Å². The minimum Gasteiger partial charge on any atom is -0.347 e. The van der Waals surface area contributed by atoms with E-state index in [0.29, 0.717) is 12.6 Å². The van der Waals surface area contributed by atoms with Crippen LogP contribution in [0.1, 0.15) is 35.9 Å². The number of carbonyl (C=O) groups is 1. The summed E-state index contributed by atoms with van der Waals surface area (Å²) >= 11 is 0. The van der Waals surface area contributed by atoms with E-state index in [1.54, 1.807) is 0 Å². The molecule has 6 nitrogen and oxygen atoms in total. The molecule has 0 bridgehead atoms. The van der Waals surface area contributed by atoms with Gasteiger partial charge in [-0.05, 0) is 33.0 Å². The zero-order valence-electron chi connectivity index (χ0n) is 14.4. The van der Waals surface area contributed by atoms with E-state index < -0.39 is 0 Å². The molecule has 0 aromatic carbocycles. The summed E-state index contributed by atoms with van der Waals surface area (Å²) in [6, 6.07) is 4.27. The van der Waals surface area contributed by atoms with Gasteiger partial charge in [0, 0.05) is 45.1 Å². The Bertz CT molecular complexity index is 700. The van der Waals surface area contributed by atoms with E-state index >= 15 is 0 Å². The summed E-state index contributed by atoms with van der Waals surface area (Å²) in [4.78, 5) is 21.3. The minimum absolute atomic E-state index is 0.0765. The molecule has 6 heteroatoms. The average molecular weight is 315 g/mol. The smallest absolute Gasteiger partial charge is 0.270 e. The van der Waals surface area contributed by atoms with Gasteiger partial charge in [-0.25, -0.2) is 4.98 Å². The predicted molar refractivity (Wildman–Crippen MR) is 89.0 cm³/mol. The fraction of sp³-hybridized carbons (Fsp3) is 0.529. The Morgan fingerprint density at radius 3 is 2.83 bits per heavy atom. The molecule has 23 heavy (non-hydrogen) atoms. The zero-order chi connectivity index (χ0) is 16.6. The topological polar surface area (TPSA) is 46.3 Å². The van der Waals surface area contributed by atoms with Crippen LogP contribution in [0.5, 0.6) is 0 Å². The summed E-state index contributed by atoms with van der Waals surface area (Å²) in [5, 5.41) is 0. The molecule has 0 unspecified atom stereocenters. The molecule has 0 saturated carbocycles. The van der Waals surface area contributed by atoms with Crippen molar-refractivity contribution in [2.75, 3.05) is 13.6 Å². The molecule has 2 aromatic rings. The van der Waals surface area contributed by atoms with Crippen molar-refractivity contribution in [1.29, 1.82) is 0 Å². The number of amides is 1. The second-order valence-corrected chi connectivity index (χ2v) is 6.56. The SMILES string of the molecule is CC(C)N(C)Cc1cnc2n1CCN(C(=O)c1cccn1C)C2. The van der Waals surface area contributed by atoms with Crippen molar-refractivity contribution in [3.05, 3.63) is 41.7 Å². The van der Waals surface area contributed by atoms with Gasteiger partial charge in [0.25, 0.3) is 5.91 Å². The van der Waals surface area contributed by atoms with Gasteiger partial charge in [-0.3, -0.25) is 9.69 Å². The van der Waals surface area contributed by atoms with E-state index in [4.69, 9.17) is 0 Å². The maximum atomic E-state index is 12.6. The summed E-state index contributed by atoms with van der Waals surface area (Å²) in [6.07, 6.45) is 3.85. The Labute approximate surface area is 137 Å². The quantitative estimate of drug-likeness (QED) is 0.863. The van der Waals surface area contributed by atoms with Crippen LogP contribution in [0.3, 0.4) is 0 Å². The molecule has 0 atom stereocenters. The van der Waals surface area contributed by atoms with Crippen molar-refractivity contribution in [3.8, 4) is 0 Å². The zero-order valence-corrected chi connectivity index (χ0v) is 14.4. The molecule has 3 rings (SSSR count). The van der Waals surface area contributed by atoms with E-state index in [0.717, 1.165) is 31.2 Å². The second kappa shape index (κ2) is 6.20.